The van der Waals surface area contributed by atoms with Crippen molar-refractivity contribution in [3.63, 3.8) is 0 Å². The number of aliphatic hydroxyl groups excluding tert-OH is 1. The van der Waals surface area contributed by atoms with E-state index in [-0.39, 0.29) is 6.61 Å². The van der Waals surface area contributed by atoms with Crippen molar-refractivity contribution in [3.8, 4) is 17.0 Å². The van der Waals surface area contributed by atoms with Gasteiger partial charge >= 0.3 is 0 Å². The molecule has 5 heteroatoms. The van der Waals surface area contributed by atoms with Gasteiger partial charge in [-0.15, -0.1) is 5.10 Å². The summed E-state index contributed by atoms with van der Waals surface area (Å²) in [6.45, 7) is 14.5. The maximum Gasteiger partial charge on any atom is 0.128 e. The Bertz CT molecular complexity index is 607. The zero-order valence-electron chi connectivity index (χ0n) is 17.8. The molecule has 0 saturated carbocycles. The van der Waals surface area contributed by atoms with E-state index in [1.807, 2.05) is 52.0 Å². The Kier molecular flexibility index (Phi) is 11.6. The number of methoxy groups -OCH3 is 1. The van der Waals surface area contributed by atoms with E-state index in [2.05, 4.69) is 31.1 Å². The predicted octanol–water partition coefficient (Wildman–Crippen LogP) is 5.15. The number of para-hydroxylation sites is 1. The number of rotatable bonds is 6. The molecule has 1 aromatic heterocycles. The minimum Gasteiger partial charge on any atom is -0.496 e. The average molecular weight is 364 g/mol. The zero-order valence-corrected chi connectivity index (χ0v) is 17.8. The number of nitrogens with zero attached hydrogens (tertiary/aromatic N) is 3. The molecule has 0 aliphatic rings. The Balaban J connectivity index is 0.000000667. The normalized spacial score (nSPS) is 10.5. The topological polar surface area (TPSA) is 60.2 Å². The summed E-state index contributed by atoms with van der Waals surface area (Å²) in [5.74, 6) is 1.66. The summed E-state index contributed by atoms with van der Waals surface area (Å²) >= 11 is 0. The van der Waals surface area contributed by atoms with Crippen LogP contribution in [0.3, 0.4) is 0 Å². The summed E-state index contributed by atoms with van der Waals surface area (Å²) in [6, 6.07) is 7.68. The van der Waals surface area contributed by atoms with E-state index >= 15 is 0 Å². The number of aliphatic hydroxyl groups is 1. The highest BCUT2D eigenvalue weighted by molar-refractivity contribution is 5.66. The van der Waals surface area contributed by atoms with Gasteiger partial charge in [0, 0.05) is 5.56 Å². The van der Waals surface area contributed by atoms with Crippen molar-refractivity contribution in [2.24, 2.45) is 5.92 Å². The monoisotopic (exact) mass is 363 g/mol. The summed E-state index contributed by atoms with van der Waals surface area (Å²) in [4.78, 5) is 0. The van der Waals surface area contributed by atoms with Crippen LogP contribution in [0.2, 0.25) is 0 Å². The van der Waals surface area contributed by atoms with E-state index < -0.39 is 5.54 Å². The molecule has 0 aliphatic carbocycles. The molecule has 26 heavy (non-hydrogen) atoms. The second kappa shape index (κ2) is 12.5. The maximum atomic E-state index is 9.44. The van der Waals surface area contributed by atoms with Gasteiger partial charge in [-0.3, -0.25) is 0 Å². The number of ether oxygens (including phenoxy) is 1. The van der Waals surface area contributed by atoms with Crippen molar-refractivity contribution in [1.29, 1.82) is 0 Å². The Morgan fingerprint density at radius 3 is 2.27 bits per heavy atom. The van der Waals surface area contributed by atoms with Crippen LogP contribution in [-0.2, 0) is 5.54 Å². The Morgan fingerprint density at radius 1 is 1.19 bits per heavy atom. The molecule has 0 radical (unpaired) electrons. The van der Waals surface area contributed by atoms with E-state index in [1.165, 1.54) is 12.8 Å². The molecule has 2 aromatic rings. The molecular weight excluding hydrogens is 326 g/mol. The first kappa shape index (κ1) is 24.1. The van der Waals surface area contributed by atoms with Crippen LogP contribution >= 0.6 is 0 Å². The molecule has 1 heterocycles. The predicted molar refractivity (Wildman–Crippen MR) is 110 cm³/mol. The van der Waals surface area contributed by atoms with E-state index in [9.17, 15) is 5.11 Å². The first-order valence-corrected chi connectivity index (χ1v) is 9.52. The van der Waals surface area contributed by atoms with Crippen LogP contribution in [-0.4, -0.2) is 33.8 Å². The fourth-order valence-electron chi connectivity index (χ4n) is 2.37. The lowest BCUT2D eigenvalue weighted by atomic mass is 10.1. The van der Waals surface area contributed by atoms with Crippen molar-refractivity contribution in [1.82, 2.24) is 15.0 Å². The molecule has 0 atom stereocenters. The molecule has 2 rings (SSSR count). The fraction of sp³-hybridized carbons (Fsp3) is 0.619. The lowest BCUT2D eigenvalue weighted by molar-refractivity contribution is 0.151. The van der Waals surface area contributed by atoms with Crippen LogP contribution in [0.1, 0.15) is 61.3 Å². The summed E-state index contributed by atoms with van der Waals surface area (Å²) in [5, 5.41) is 17.4. The molecule has 0 spiro atoms. The number of aromatic nitrogens is 3. The summed E-state index contributed by atoms with van der Waals surface area (Å²) in [6.07, 6.45) is 4.38. The second-order valence-corrected chi connectivity index (χ2v) is 6.88. The molecular formula is C21H37N3O2. The molecule has 1 aromatic carbocycles. The van der Waals surface area contributed by atoms with Gasteiger partial charge in [0.15, 0.2) is 0 Å². The Morgan fingerprint density at radius 2 is 1.81 bits per heavy atom. The largest absolute Gasteiger partial charge is 0.496 e. The summed E-state index contributed by atoms with van der Waals surface area (Å²) in [7, 11) is 1.63. The number of benzene rings is 1. The third kappa shape index (κ3) is 7.16. The van der Waals surface area contributed by atoms with Crippen LogP contribution in [0.15, 0.2) is 30.5 Å². The fourth-order valence-corrected chi connectivity index (χ4v) is 2.37. The van der Waals surface area contributed by atoms with Crippen molar-refractivity contribution in [2.45, 2.75) is 66.8 Å². The van der Waals surface area contributed by atoms with Crippen LogP contribution in [0.5, 0.6) is 5.75 Å². The molecule has 0 bridgehead atoms. The van der Waals surface area contributed by atoms with Gasteiger partial charge in [-0.1, -0.05) is 64.8 Å². The van der Waals surface area contributed by atoms with Gasteiger partial charge in [-0.25, -0.2) is 4.68 Å². The number of hydrogen-bond acceptors (Lipinski definition) is 4. The van der Waals surface area contributed by atoms with Gasteiger partial charge in [-0.2, -0.15) is 0 Å². The van der Waals surface area contributed by atoms with Crippen LogP contribution < -0.4 is 4.74 Å². The standard InChI is InChI=1S/C13H17N3O2.C6H14.C2H6/c1-13(2,9-17)16-11(8-14-15-16)10-6-4-5-7-12(10)18-3;1-4-5-6(2)3;1-2/h4-8,17H,9H2,1-3H3;6H,4-5H2,1-3H3;1-2H3. The summed E-state index contributed by atoms with van der Waals surface area (Å²) in [5.41, 5.74) is 1.23. The number of hydrogen-bond donors (Lipinski definition) is 1. The van der Waals surface area contributed by atoms with Gasteiger partial charge in [0.1, 0.15) is 5.75 Å². The first-order chi connectivity index (χ1) is 12.4. The molecule has 0 saturated heterocycles. The smallest absolute Gasteiger partial charge is 0.128 e. The third-order valence-electron chi connectivity index (χ3n) is 3.76. The average Bonchev–Trinajstić information content (AvgIpc) is 3.14. The van der Waals surface area contributed by atoms with Crippen LogP contribution in [0.25, 0.3) is 11.3 Å². The van der Waals surface area contributed by atoms with Gasteiger partial charge in [0.25, 0.3) is 0 Å². The minimum absolute atomic E-state index is 0.0154. The first-order valence-electron chi connectivity index (χ1n) is 9.52. The Labute approximate surface area is 159 Å². The highest BCUT2D eigenvalue weighted by Gasteiger charge is 2.24. The van der Waals surface area contributed by atoms with E-state index in [4.69, 9.17) is 4.74 Å². The van der Waals surface area contributed by atoms with E-state index in [1.54, 1.807) is 18.0 Å². The van der Waals surface area contributed by atoms with Gasteiger partial charge < -0.3 is 9.84 Å². The maximum absolute atomic E-state index is 9.44. The van der Waals surface area contributed by atoms with Crippen molar-refractivity contribution in [2.75, 3.05) is 13.7 Å². The van der Waals surface area contributed by atoms with Crippen molar-refractivity contribution >= 4 is 0 Å². The molecule has 0 amide bonds. The quantitative estimate of drug-likeness (QED) is 0.771. The highest BCUT2D eigenvalue weighted by atomic mass is 16.5. The molecule has 1 N–H and O–H groups in total. The lowest BCUT2D eigenvalue weighted by Crippen LogP contribution is -2.32. The van der Waals surface area contributed by atoms with Gasteiger partial charge in [0.05, 0.1) is 31.1 Å². The highest BCUT2D eigenvalue weighted by Crippen LogP contribution is 2.31. The van der Waals surface area contributed by atoms with E-state index in [0.29, 0.717) is 0 Å². The lowest BCUT2D eigenvalue weighted by Gasteiger charge is -2.24. The van der Waals surface area contributed by atoms with E-state index in [0.717, 1.165) is 22.9 Å². The Hall–Kier alpha value is -1.88. The molecule has 0 aliphatic heterocycles. The van der Waals surface area contributed by atoms with Crippen molar-refractivity contribution in [3.05, 3.63) is 30.5 Å². The van der Waals surface area contributed by atoms with Gasteiger partial charge in [-0.05, 0) is 31.9 Å². The molecule has 0 fully saturated rings. The second-order valence-electron chi connectivity index (χ2n) is 6.88. The van der Waals surface area contributed by atoms with Crippen LogP contribution in [0, 0.1) is 5.92 Å². The molecule has 148 valence electrons. The van der Waals surface area contributed by atoms with Gasteiger partial charge in [0.2, 0.25) is 0 Å². The zero-order chi connectivity index (χ0) is 20.2. The minimum atomic E-state index is -0.507. The van der Waals surface area contributed by atoms with Crippen LogP contribution in [0.4, 0.5) is 0 Å². The third-order valence-corrected chi connectivity index (χ3v) is 3.76. The van der Waals surface area contributed by atoms with Crippen molar-refractivity contribution < 1.29 is 9.84 Å². The molecule has 5 nitrogen and oxygen atoms in total. The summed E-state index contributed by atoms with van der Waals surface area (Å²) < 4.78 is 7.05. The SMILES string of the molecule is CC.CCCC(C)C.COc1ccccc1-c1cnnn1C(C)(C)CO. The molecule has 0 unspecified atom stereocenters.